The predicted molar refractivity (Wildman–Crippen MR) is 68.6 cm³/mol. The molecule has 0 unspecified atom stereocenters. The summed E-state index contributed by atoms with van der Waals surface area (Å²) in [6, 6.07) is 0. The Morgan fingerprint density at radius 3 is 2.89 bits per heavy atom. The quantitative estimate of drug-likeness (QED) is 0.737. The van der Waals surface area contributed by atoms with Crippen molar-refractivity contribution in [3.63, 3.8) is 0 Å². The molecular weight excluding hydrogens is 254 g/mol. The Morgan fingerprint density at radius 2 is 2.17 bits per heavy atom. The lowest BCUT2D eigenvalue weighted by molar-refractivity contribution is 0.214. The topological polar surface area (TPSA) is 86.7 Å². The molecule has 3 rings (SSSR count). The first-order chi connectivity index (χ1) is 8.72. The Morgan fingerprint density at radius 1 is 1.39 bits per heavy atom. The van der Waals surface area contributed by atoms with Crippen molar-refractivity contribution >= 4 is 28.5 Å². The highest BCUT2D eigenvalue weighted by atomic mass is 35.5. The Balaban J connectivity index is 2.01. The Bertz CT molecular complexity index is 564. The number of hydrogen-bond acceptors (Lipinski definition) is 5. The maximum atomic E-state index is 9.61. The number of fused-ring (bicyclic) bond motifs is 1. The van der Waals surface area contributed by atoms with Gasteiger partial charge in [-0.25, -0.2) is 0 Å². The molecule has 96 valence electrons. The minimum Gasteiger partial charge on any atom is -0.394 e. The van der Waals surface area contributed by atoms with Crippen LogP contribution in [0.4, 0.5) is 5.82 Å². The molecule has 1 aliphatic carbocycles. The molecule has 0 bridgehead atoms. The molecule has 0 saturated heterocycles. The molecule has 2 heterocycles. The summed E-state index contributed by atoms with van der Waals surface area (Å²) in [5.74, 6) is 0.634. The van der Waals surface area contributed by atoms with E-state index in [9.17, 15) is 5.11 Å². The van der Waals surface area contributed by atoms with Crippen LogP contribution in [0.3, 0.4) is 0 Å². The molecule has 2 aromatic rings. The zero-order valence-corrected chi connectivity index (χ0v) is 10.5. The highest BCUT2D eigenvalue weighted by molar-refractivity contribution is 6.28. The highest BCUT2D eigenvalue weighted by Gasteiger charge is 2.34. The lowest BCUT2D eigenvalue weighted by Gasteiger charge is -2.28. The van der Waals surface area contributed by atoms with Gasteiger partial charge in [-0.1, -0.05) is 12.8 Å². The molecule has 18 heavy (non-hydrogen) atoms. The average Bonchev–Trinajstić information content (AvgIpc) is 2.98. The van der Waals surface area contributed by atoms with Crippen LogP contribution in [0.1, 0.15) is 25.7 Å². The average molecular weight is 268 g/mol. The van der Waals surface area contributed by atoms with Gasteiger partial charge in [-0.2, -0.15) is 15.1 Å². The summed E-state index contributed by atoms with van der Waals surface area (Å²) in [6.07, 6.45) is 5.75. The minimum absolute atomic E-state index is 0.0912. The number of aliphatic hydroxyl groups is 1. The molecule has 0 spiro atoms. The van der Waals surface area contributed by atoms with Crippen molar-refractivity contribution in [1.29, 1.82) is 0 Å². The summed E-state index contributed by atoms with van der Waals surface area (Å²) in [5.41, 5.74) is 0.311. The molecule has 2 aromatic heterocycles. The molecule has 1 aliphatic rings. The fraction of sp³-hybridized carbons (Fsp3) is 0.545. The zero-order valence-electron chi connectivity index (χ0n) is 9.78. The second kappa shape index (κ2) is 4.37. The van der Waals surface area contributed by atoms with Crippen molar-refractivity contribution in [2.45, 2.75) is 31.2 Å². The van der Waals surface area contributed by atoms with E-state index >= 15 is 0 Å². The zero-order chi connectivity index (χ0) is 12.6. The number of aliphatic hydroxyl groups excluding tert-OH is 1. The van der Waals surface area contributed by atoms with E-state index in [1.807, 2.05) is 0 Å². The smallest absolute Gasteiger partial charge is 0.226 e. The Labute approximate surface area is 109 Å². The van der Waals surface area contributed by atoms with E-state index < -0.39 is 0 Å². The van der Waals surface area contributed by atoms with Crippen LogP contribution in [0, 0.1) is 0 Å². The largest absolute Gasteiger partial charge is 0.394 e. The van der Waals surface area contributed by atoms with Crippen LogP contribution < -0.4 is 5.32 Å². The fourth-order valence-corrected chi connectivity index (χ4v) is 2.70. The van der Waals surface area contributed by atoms with Crippen molar-refractivity contribution in [1.82, 2.24) is 20.2 Å². The number of hydrogen-bond donors (Lipinski definition) is 3. The van der Waals surface area contributed by atoms with E-state index in [-0.39, 0.29) is 17.4 Å². The first-order valence-electron chi connectivity index (χ1n) is 5.98. The number of H-pyrrole nitrogens is 1. The number of nitrogens with one attached hydrogen (secondary N) is 2. The summed E-state index contributed by atoms with van der Waals surface area (Å²) in [6.45, 7) is 0.0912. The summed E-state index contributed by atoms with van der Waals surface area (Å²) >= 11 is 5.88. The Kier molecular flexibility index (Phi) is 2.83. The third kappa shape index (κ3) is 1.91. The van der Waals surface area contributed by atoms with E-state index in [1.165, 1.54) is 0 Å². The normalized spacial score (nSPS) is 18.3. The van der Waals surface area contributed by atoms with Gasteiger partial charge < -0.3 is 10.4 Å². The molecule has 6 nitrogen and oxygen atoms in total. The van der Waals surface area contributed by atoms with Crippen LogP contribution in [0.2, 0.25) is 5.28 Å². The lowest BCUT2D eigenvalue weighted by Crippen LogP contribution is -2.39. The summed E-state index contributed by atoms with van der Waals surface area (Å²) < 4.78 is 0. The molecule has 0 aromatic carbocycles. The van der Waals surface area contributed by atoms with E-state index in [2.05, 4.69) is 25.5 Å². The standard InChI is InChI=1S/C11H14ClN5O/c12-10-14-8(7-5-13-17-9(7)15-10)16-11(6-18)3-1-2-4-11/h5,18H,1-4,6H2,(H2,13,14,15,16,17). The summed E-state index contributed by atoms with van der Waals surface area (Å²) in [5, 5.41) is 20.6. The highest BCUT2D eigenvalue weighted by Crippen LogP contribution is 2.34. The van der Waals surface area contributed by atoms with Gasteiger partial charge in [0.1, 0.15) is 5.82 Å². The number of halogens is 1. The third-order valence-electron chi connectivity index (χ3n) is 3.53. The van der Waals surface area contributed by atoms with Crippen LogP contribution in [0.15, 0.2) is 6.20 Å². The molecule has 0 radical (unpaired) electrons. The maximum Gasteiger partial charge on any atom is 0.226 e. The SMILES string of the molecule is OCC1(Nc2nc(Cl)nc3[nH]ncc23)CCCC1. The van der Waals surface area contributed by atoms with Gasteiger partial charge in [-0.3, -0.25) is 5.10 Å². The van der Waals surface area contributed by atoms with Crippen molar-refractivity contribution in [3.05, 3.63) is 11.5 Å². The first-order valence-corrected chi connectivity index (χ1v) is 6.36. The van der Waals surface area contributed by atoms with Crippen LogP contribution >= 0.6 is 11.6 Å². The number of rotatable bonds is 3. The van der Waals surface area contributed by atoms with Crippen LogP contribution in [-0.4, -0.2) is 37.4 Å². The molecular formula is C11H14ClN5O. The second-order valence-electron chi connectivity index (χ2n) is 4.74. The fourth-order valence-electron chi connectivity index (χ4n) is 2.53. The van der Waals surface area contributed by atoms with Crippen LogP contribution in [0.5, 0.6) is 0 Å². The predicted octanol–water partition coefficient (Wildman–Crippen LogP) is 1.72. The van der Waals surface area contributed by atoms with Crippen LogP contribution in [-0.2, 0) is 0 Å². The lowest BCUT2D eigenvalue weighted by atomic mass is 9.99. The number of anilines is 1. The van der Waals surface area contributed by atoms with Crippen molar-refractivity contribution in [2.24, 2.45) is 0 Å². The molecule has 0 atom stereocenters. The van der Waals surface area contributed by atoms with Gasteiger partial charge in [-0.15, -0.1) is 0 Å². The van der Waals surface area contributed by atoms with Gasteiger partial charge in [0.05, 0.1) is 23.7 Å². The third-order valence-corrected chi connectivity index (χ3v) is 3.70. The van der Waals surface area contributed by atoms with Crippen LogP contribution in [0.25, 0.3) is 11.0 Å². The molecule has 1 saturated carbocycles. The van der Waals surface area contributed by atoms with Crippen molar-refractivity contribution in [3.8, 4) is 0 Å². The monoisotopic (exact) mass is 267 g/mol. The number of nitrogens with zero attached hydrogens (tertiary/aromatic N) is 3. The van der Waals surface area contributed by atoms with E-state index in [1.54, 1.807) is 6.20 Å². The second-order valence-corrected chi connectivity index (χ2v) is 5.08. The van der Waals surface area contributed by atoms with Crippen molar-refractivity contribution in [2.75, 3.05) is 11.9 Å². The molecule has 0 aliphatic heterocycles. The molecule has 3 N–H and O–H groups in total. The molecule has 0 amide bonds. The summed E-state index contributed by atoms with van der Waals surface area (Å²) in [7, 11) is 0. The maximum absolute atomic E-state index is 9.61. The van der Waals surface area contributed by atoms with Gasteiger partial charge >= 0.3 is 0 Å². The summed E-state index contributed by atoms with van der Waals surface area (Å²) in [4.78, 5) is 8.26. The van der Waals surface area contributed by atoms with Gasteiger partial charge in [-0.05, 0) is 24.4 Å². The van der Waals surface area contributed by atoms with Gasteiger partial charge in [0.2, 0.25) is 5.28 Å². The first kappa shape index (κ1) is 11.7. The van der Waals surface area contributed by atoms with E-state index in [0.717, 1.165) is 31.1 Å². The molecule has 1 fully saturated rings. The molecule has 7 heteroatoms. The minimum atomic E-state index is -0.290. The van der Waals surface area contributed by atoms with E-state index in [4.69, 9.17) is 11.6 Å². The Hall–Kier alpha value is -1.40. The van der Waals surface area contributed by atoms with Gasteiger partial charge in [0, 0.05) is 0 Å². The van der Waals surface area contributed by atoms with Crippen molar-refractivity contribution < 1.29 is 5.11 Å². The van der Waals surface area contributed by atoms with Gasteiger partial charge in [0.25, 0.3) is 0 Å². The number of aromatic nitrogens is 4. The van der Waals surface area contributed by atoms with Gasteiger partial charge in [0.15, 0.2) is 5.65 Å². The number of aromatic amines is 1. The van der Waals surface area contributed by atoms with E-state index in [0.29, 0.717) is 11.5 Å².